The summed E-state index contributed by atoms with van der Waals surface area (Å²) in [5, 5.41) is 11.6. The summed E-state index contributed by atoms with van der Waals surface area (Å²) >= 11 is 5.98. The highest BCUT2D eigenvalue weighted by Crippen LogP contribution is 2.39. The maximum atomic E-state index is 13.1. The van der Waals surface area contributed by atoms with Crippen molar-refractivity contribution >= 4 is 29.1 Å². The number of nitrogens with zero attached hydrogens (tertiary/aromatic N) is 2. The molecule has 0 spiro atoms. The lowest BCUT2D eigenvalue weighted by Gasteiger charge is -2.28. The van der Waals surface area contributed by atoms with E-state index in [1.807, 2.05) is 38.1 Å². The molecule has 2 aromatic rings. The average Bonchev–Trinajstić information content (AvgIpc) is 3.05. The lowest BCUT2D eigenvalue weighted by molar-refractivity contribution is -0.140. The van der Waals surface area contributed by atoms with Crippen molar-refractivity contribution in [2.45, 2.75) is 39.8 Å². The molecule has 0 aliphatic carbocycles. The number of benzene rings is 2. The van der Waals surface area contributed by atoms with Crippen molar-refractivity contribution in [1.29, 1.82) is 0 Å². The van der Waals surface area contributed by atoms with Crippen LogP contribution in [0.1, 0.15) is 44.9 Å². The Kier molecular flexibility index (Phi) is 8.16. The number of carbonyl (C=O) groups excluding carboxylic acids is 2. The quantitative estimate of drug-likeness (QED) is 0.321. The number of halogens is 1. The van der Waals surface area contributed by atoms with E-state index in [0.717, 1.165) is 18.7 Å². The number of rotatable bonds is 9. The smallest absolute Gasteiger partial charge is 0.295 e. The van der Waals surface area contributed by atoms with Gasteiger partial charge < -0.3 is 19.6 Å². The summed E-state index contributed by atoms with van der Waals surface area (Å²) in [6.45, 7) is 10.7. The molecule has 1 N–H and O–H groups in total. The maximum Gasteiger partial charge on any atom is 0.295 e. The van der Waals surface area contributed by atoms with Gasteiger partial charge in [0.25, 0.3) is 11.7 Å². The van der Waals surface area contributed by atoms with Crippen molar-refractivity contribution in [2.75, 3.05) is 26.2 Å². The molecule has 3 rings (SSSR count). The zero-order valence-corrected chi connectivity index (χ0v) is 20.3. The number of aliphatic hydroxyl groups excluding tert-OH is 1. The van der Waals surface area contributed by atoms with E-state index < -0.39 is 17.7 Å². The molecule has 0 bridgehead atoms. The Morgan fingerprint density at radius 1 is 1.06 bits per heavy atom. The zero-order valence-electron chi connectivity index (χ0n) is 19.5. The van der Waals surface area contributed by atoms with Crippen molar-refractivity contribution in [3.8, 4) is 5.75 Å². The van der Waals surface area contributed by atoms with Gasteiger partial charge in [-0.05, 0) is 68.9 Å². The molecule has 0 radical (unpaired) electrons. The van der Waals surface area contributed by atoms with E-state index in [9.17, 15) is 14.7 Å². The predicted octanol–water partition coefficient (Wildman–Crippen LogP) is 4.89. The van der Waals surface area contributed by atoms with E-state index in [4.69, 9.17) is 16.3 Å². The SMILES string of the molecule is CCN(CC)CCN1C(=O)C(=O)/C(=C(/O)c2ccc(Cl)cc2)C1c1ccc(OC(C)C)cc1. The first-order valence-electron chi connectivity index (χ1n) is 11.3. The van der Waals surface area contributed by atoms with Crippen LogP contribution in [-0.2, 0) is 9.59 Å². The first kappa shape index (κ1) is 24.8. The minimum atomic E-state index is -0.690. The second kappa shape index (κ2) is 10.9. The van der Waals surface area contributed by atoms with Crippen LogP contribution in [0.2, 0.25) is 5.02 Å². The van der Waals surface area contributed by atoms with Gasteiger partial charge in [0.1, 0.15) is 11.5 Å². The van der Waals surface area contributed by atoms with E-state index >= 15 is 0 Å². The molecule has 7 heteroatoms. The summed E-state index contributed by atoms with van der Waals surface area (Å²) < 4.78 is 5.74. The van der Waals surface area contributed by atoms with Crippen LogP contribution in [0.5, 0.6) is 5.75 Å². The Labute approximate surface area is 200 Å². The third-order valence-electron chi connectivity index (χ3n) is 5.78. The monoisotopic (exact) mass is 470 g/mol. The summed E-state index contributed by atoms with van der Waals surface area (Å²) in [6, 6.07) is 13.2. The van der Waals surface area contributed by atoms with Gasteiger partial charge >= 0.3 is 0 Å². The molecule has 33 heavy (non-hydrogen) atoms. The van der Waals surface area contributed by atoms with Crippen LogP contribution in [0.25, 0.3) is 5.76 Å². The van der Waals surface area contributed by atoms with Crippen LogP contribution in [0, 0.1) is 0 Å². The number of likely N-dealkylation sites (N-methyl/N-ethyl adjacent to an activating group) is 1. The van der Waals surface area contributed by atoms with E-state index in [-0.39, 0.29) is 17.4 Å². The Morgan fingerprint density at radius 2 is 1.67 bits per heavy atom. The number of aliphatic hydroxyl groups is 1. The number of ketones is 1. The third-order valence-corrected chi connectivity index (χ3v) is 6.03. The van der Waals surface area contributed by atoms with Crippen molar-refractivity contribution < 1.29 is 19.4 Å². The van der Waals surface area contributed by atoms with Crippen LogP contribution >= 0.6 is 11.6 Å². The topological polar surface area (TPSA) is 70.1 Å². The molecule has 1 heterocycles. The van der Waals surface area contributed by atoms with Crippen molar-refractivity contribution in [3.63, 3.8) is 0 Å². The first-order chi connectivity index (χ1) is 15.8. The Bertz CT molecular complexity index is 1010. The number of Topliss-reactive ketones (excluding diaryl/α,β-unsaturated/α-hetero) is 1. The number of hydrogen-bond acceptors (Lipinski definition) is 5. The summed E-state index contributed by atoms with van der Waals surface area (Å²) in [5.74, 6) is -0.797. The largest absolute Gasteiger partial charge is 0.507 e. The Morgan fingerprint density at radius 3 is 2.21 bits per heavy atom. The fourth-order valence-electron chi connectivity index (χ4n) is 4.01. The minimum absolute atomic E-state index is 0.0282. The van der Waals surface area contributed by atoms with Gasteiger partial charge in [0, 0.05) is 23.7 Å². The van der Waals surface area contributed by atoms with E-state index in [0.29, 0.717) is 29.4 Å². The highest BCUT2D eigenvalue weighted by atomic mass is 35.5. The molecule has 0 aromatic heterocycles. The summed E-state index contributed by atoms with van der Waals surface area (Å²) in [5.41, 5.74) is 1.26. The maximum absolute atomic E-state index is 13.1. The molecule has 1 aliphatic rings. The predicted molar refractivity (Wildman–Crippen MR) is 130 cm³/mol. The molecule has 6 nitrogen and oxygen atoms in total. The van der Waals surface area contributed by atoms with Crippen LogP contribution in [0.15, 0.2) is 54.1 Å². The number of amides is 1. The molecule has 2 aromatic carbocycles. The summed E-state index contributed by atoms with van der Waals surface area (Å²) in [7, 11) is 0. The first-order valence-corrected chi connectivity index (χ1v) is 11.7. The lowest BCUT2D eigenvalue weighted by atomic mass is 9.95. The van der Waals surface area contributed by atoms with E-state index in [1.54, 1.807) is 29.2 Å². The van der Waals surface area contributed by atoms with Gasteiger partial charge in [-0.2, -0.15) is 0 Å². The molecule has 1 atom stereocenters. The highest BCUT2D eigenvalue weighted by Gasteiger charge is 2.45. The minimum Gasteiger partial charge on any atom is -0.507 e. The second-order valence-corrected chi connectivity index (χ2v) is 8.70. The van der Waals surface area contributed by atoms with Gasteiger partial charge in [0.2, 0.25) is 0 Å². The van der Waals surface area contributed by atoms with Gasteiger partial charge in [0.05, 0.1) is 17.7 Å². The normalized spacial score (nSPS) is 17.9. The zero-order chi connectivity index (χ0) is 24.1. The standard InChI is InChI=1S/C26H31ClN2O4/c1-5-28(6-2)15-16-29-23(18-9-13-21(14-10-18)33-17(3)4)22(25(31)26(29)32)24(30)19-7-11-20(27)12-8-19/h7-14,17,23,30H,5-6,15-16H2,1-4H3/b24-22+. The number of likely N-dealkylation sites (tertiary alicyclic amines) is 1. The molecule has 1 amide bonds. The number of hydrogen-bond donors (Lipinski definition) is 1. The Hall–Kier alpha value is -2.83. The fourth-order valence-corrected chi connectivity index (χ4v) is 4.14. The highest BCUT2D eigenvalue weighted by molar-refractivity contribution is 6.46. The average molecular weight is 471 g/mol. The second-order valence-electron chi connectivity index (χ2n) is 8.26. The summed E-state index contributed by atoms with van der Waals surface area (Å²) in [6.07, 6.45) is 0.0282. The molecule has 1 saturated heterocycles. The van der Waals surface area contributed by atoms with Crippen LogP contribution in [-0.4, -0.2) is 58.9 Å². The lowest BCUT2D eigenvalue weighted by Crippen LogP contribution is -2.38. The van der Waals surface area contributed by atoms with Gasteiger partial charge in [-0.1, -0.05) is 37.6 Å². The molecule has 1 unspecified atom stereocenters. The van der Waals surface area contributed by atoms with E-state index in [1.165, 1.54) is 0 Å². The molecule has 0 saturated carbocycles. The number of ether oxygens (including phenoxy) is 1. The molecule has 1 aliphatic heterocycles. The van der Waals surface area contributed by atoms with Crippen LogP contribution in [0.4, 0.5) is 0 Å². The third kappa shape index (κ3) is 5.57. The van der Waals surface area contributed by atoms with Crippen molar-refractivity contribution in [1.82, 2.24) is 9.80 Å². The van der Waals surface area contributed by atoms with E-state index in [2.05, 4.69) is 18.7 Å². The van der Waals surface area contributed by atoms with Crippen molar-refractivity contribution in [2.24, 2.45) is 0 Å². The van der Waals surface area contributed by atoms with Crippen LogP contribution in [0.3, 0.4) is 0 Å². The van der Waals surface area contributed by atoms with Gasteiger partial charge in [-0.15, -0.1) is 0 Å². The molecule has 1 fully saturated rings. The Balaban J connectivity index is 2.06. The van der Waals surface area contributed by atoms with Gasteiger partial charge in [0.15, 0.2) is 0 Å². The molecular weight excluding hydrogens is 440 g/mol. The molecule has 176 valence electrons. The van der Waals surface area contributed by atoms with Crippen LogP contribution < -0.4 is 4.74 Å². The number of carbonyl (C=O) groups is 2. The fraction of sp³-hybridized carbons (Fsp3) is 0.385. The van der Waals surface area contributed by atoms with Gasteiger partial charge in [-0.25, -0.2) is 0 Å². The molecular formula is C26H31ClN2O4. The van der Waals surface area contributed by atoms with Gasteiger partial charge in [-0.3, -0.25) is 9.59 Å². The van der Waals surface area contributed by atoms with Crippen molar-refractivity contribution in [3.05, 3.63) is 70.3 Å². The summed E-state index contributed by atoms with van der Waals surface area (Å²) in [4.78, 5) is 29.9.